The third-order valence-electron chi connectivity index (χ3n) is 3.47. The molecule has 2 fully saturated rings. The normalized spacial score (nSPS) is 31.0. The van der Waals surface area contributed by atoms with Gasteiger partial charge in [-0.1, -0.05) is 0 Å². The third kappa shape index (κ3) is 5.09. The number of ether oxygens (including phenoxy) is 2. The van der Waals surface area contributed by atoms with E-state index in [2.05, 4.69) is 0 Å². The van der Waals surface area contributed by atoms with E-state index in [9.17, 15) is 9.59 Å². The zero-order valence-corrected chi connectivity index (χ0v) is 12.1. The van der Waals surface area contributed by atoms with Crippen molar-refractivity contribution in [2.45, 2.75) is 51.7 Å². The van der Waals surface area contributed by atoms with E-state index in [0.29, 0.717) is 38.9 Å². The topological polar surface area (TPSA) is 93.1 Å². The van der Waals surface area contributed by atoms with E-state index in [4.69, 9.17) is 19.7 Å². The molecule has 2 aliphatic carbocycles. The quantitative estimate of drug-likeness (QED) is 0.737. The van der Waals surface area contributed by atoms with E-state index in [1.54, 1.807) is 13.8 Å². The Hall–Kier alpha value is -1.14. The minimum atomic E-state index is -0.269. The van der Waals surface area contributed by atoms with Crippen LogP contribution in [-0.2, 0) is 19.1 Å². The van der Waals surface area contributed by atoms with Crippen LogP contribution in [0.5, 0.6) is 0 Å². The van der Waals surface area contributed by atoms with Gasteiger partial charge in [0.2, 0.25) is 0 Å². The summed E-state index contributed by atoms with van der Waals surface area (Å²) in [4.78, 5) is 21.7. The molecule has 0 aromatic rings. The highest BCUT2D eigenvalue weighted by Crippen LogP contribution is 2.28. The number of hydrogen-bond donors (Lipinski definition) is 2. The molecule has 0 radical (unpaired) electrons. The van der Waals surface area contributed by atoms with Gasteiger partial charge in [0.05, 0.1) is 37.3 Å². The lowest BCUT2D eigenvalue weighted by Gasteiger charge is -2.28. The van der Waals surface area contributed by atoms with Crippen molar-refractivity contribution < 1.29 is 29.3 Å². The summed E-state index contributed by atoms with van der Waals surface area (Å²) in [6.45, 7) is 4.44. The Kier molecular flexibility index (Phi) is 6.95. The predicted molar refractivity (Wildman–Crippen MR) is 70.7 cm³/mol. The van der Waals surface area contributed by atoms with E-state index in [-0.39, 0.29) is 36.0 Å². The van der Waals surface area contributed by atoms with Crippen molar-refractivity contribution >= 4 is 11.9 Å². The second kappa shape index (κ2) is 8.21. The molecule has 20 heavy (non-hydrogen) atoms. The van der Waals surface area contributed by atoms with Crippen LogP contribution in [0.2, 0.25) is 0 Å². The van der Waals surface area contributed by atoms with Crippen LogP contribution in [0.1, 0.15) is 39.5 Å². The lowest BCUT2D eigenvalue weighted by atomic mass is 9.83. The first kappa shape index (κ1) is 16.9. The standard InChI is InChI=1S/2C7H12O3/c2*1-2-10-7(9)5-3-6(8)4-5/h2*5-6,8H,2-4H2,1H3. The Morgan fingerprint density at radius 2 is 1.15 bits per heavy atom. The third-order valence-corrected chi connectivity index (χ3v) is 3.47. The lowest BCUT2D eigenvalue weighted by molar-refractivity contribution is -0.155. The zero-order valence-electron chi connectivity index (χ0n) is 12.1. The van der Waals surface area contributed by atoms with Crippen LogP contribution in [0.3, 0.4) is 0 Å². The van der Waals surface area contributed by atoms with Crippen LogP contribution in [0, 0.1) is 11.8 Å². The fraction of sp³-hybridized carbons (Fsp3) is 0.857. The van der Waals surface area contributed by atoms with Gasteiger partial charge < -0.3 is 19.7 Å². The van der Waals surface area contributed by atoms with Crippen LogP contribution < -0.4 is 0 Å². The molecule has 2 N–H and O–H groups in total. The fourth-order valence-corrected chi connectivity index (χ4v) is 2.08. The van der Waals surface area contributed by atoms with E-state index in [0.717, 1.165) is 0 Å². The molecule has 0 aliphatic heterocycles. The number of hydrogen-bond acceptors (Lipinski definition) is 6. The first-order valence-corrected chi connectivity index (χ1v) is 7.17. The molecule has 0 atom stereocenters. The first-order chi connectivity index (χ1) is 9.47. The molecule has 0 aromatic carbocycles. The molecule has 2 saturated carbocycles. The lowest BCUT2D eigenvalue weighted by Crippen LogP contribution is -2.35. The molecule has 116 valence electrons. The summed E-state index contributed by atoms with van der Waals surface area (Å²) in [5.74, 6) is -0.384. The summed E-state index contributed by atoms with van der Waals surface area (Å²) in [6, 6.07) is 0. The van der Waals surface area contributed by atoms with Gasteiger partial charge in [0.1, 0.15) is 0 Å². The monoisotopic (exact) mass is 288 g/mol. The Morgan fingerprint density at radius 1 is 0.850 bits per heavy atom. The van der Waals surface area contributed by atoms with Crippen LogP contribution >= 0.6 is 0 Å². The first-order valence-electron chi connectivity index (χ1n) is 7.17. The van der Waals surface area contributed by atoms with Crippen LogP contribution in [0.4, 0.5) is 0 Å². The number of carbonyl (C=O) groups excluding carboxylic acids is 2. The van der Waals surface area contributed by atoms with E-state index < -0.39 is 0 Å². The largest absolute Gasteiger partial charge is 0.466 e. The molecule has 0 unspecified atom stereocenters. The summed E-state index contributed by atoms with van der Waals surface area (Å²) >= 11 is 0. The minimum absolute atomic E-state index is 0.0325. The molecule has 2 aliphatic rings. The second-order valence-corrected chi connectivity index (χ2v) is 5.15. The molecular weight excluding hydrogens is 264 g/mol. The smallest absolute Gasteiger partial charge is 0.309 e. The van der Waals surface area contributed by atoms with Crippen LogP contribution in [-0.4, -0.2) is 47.6 Å². The van der Waals surface area contributed by atoms with Crippen molar-refractivity contribution in [2.24, 2.45) is 11.8 Å². The van der Waals surface area contributed by atoms with Crippen molar-refractivity contribution in [2.75, 3.05) is 13.2 Å². The molecule has 0 heterocycles. The number of rotatable bonds is 4. The number of aliphatic hydroxyl groups is 2. The summed E-state index contributed by atoms with van der Waals surface area (Å²) < 4.78 is 9.49. The van der Waals surface area contributed by atoms with Crippen molar-refractivity contribution in [3.05, 3.63) is 0 Å². The maximum absolute atomic E-state index is 10.8. The van der Waals surface area contributed by atoms with Crippen molar-refractivity contribution in [1.82, 2.24) is 0 Å². The summed E-state index contributed by atoms with van der Waals surface area (Å²) in [6.07, 6.45) is 1.79. The van der Waals surface area contributed by atoms with E-state index in [1.165, 1.54) is 0 Å². The molecule has 0 saturated heterocycles. The molecule has 0 aromatic heterocycles. The predicted octanol–water partition coefficient (Wildman–Crippen LogP) is 0.641. The molecule has 0 amide bonds. The maximum atomic E-state index is 10.8. The molecule has 6 heteroatoms. The summed E-state index contributed by atoms with van der Waals surface area (Å²) in [5, 5.41) is 17.7. The Bertz CT molecular complexity index is 286. The van der Waals surface area contributed by atoms with Gasteiger partial charge in [0.25, 0.3) is 0 Å². The summed E-state index contributed by atoms with van der Waals surface area (Å²) in [5.41, 5.74) is 0. The molecule has 0 spiro atoms. The number of aliphatic hydroxyl groups excluding tert-OH is 2. The highest BCUT2D eigenvalue weighted by molar-refractivity contribution is 5.73. The number of carbonyl (C=O) groups is 2. The van der Waals surface area contributed by atoms with Gasteiger partial charge in [0, 0.05) is 0 Å². The Labute approximate surface area is 119 Å². The summed E-state index contributed by atoms with van der Waals surface area (Å²) in [7, 11) is 0. The van der Waals surface area contributed by atoms with Gasteiger partial charge in [-0.2, -0.15) is 0 Å². The number of esters is 2. The van der Waals surface area contributed by atoms with Gasteiger partial charge in [-0.15, -0.1) is 0 Å². The Morgan fingerprint density at radius 3 is 1.35 bits per heavy atom. The van der Waals surface area contributed by atoms with Gasteiger partial charge in [-0.25, -0.2) is 0 Å². The van der Waals surface area contributed by atoms with Crippen LogP contribution in [0.15, 0.2) is 0 Å². The average molecular weight is 288 g/mol. The van der Waals surface area contributed by atoms with Crippen molar-refractivity contribution in [3.8, 4) is 0 Å². The molecule has 2 rings (SSSR count). The van der Waals surface area contributed by atoms with Crippen LogP contribution in [0.25, 0.3) is 0 Å². The van der Waals surface area contributed by atoms with E-state index in [1.807, 2.05) is 0 Å². The SMILES string of the molecule is CCOC(=O)C1CC(O)C1.CCOC(=O)C1CC(O)C1. The average Bonchev–Trinajstić information content (AvgIpc) is 2.32. The van der Waals surface area contributed by atoms with Crippen molar-refractivity contribution in [3.63, 3.8) is 0 Å². The maximum Gasteiger partial charge on any atom is 0.309 e. The van der Waals surface area contributed by atoms with Gasteiger partial charge in [-0.3, -0.25) is 9.59 Å². The minimum Gasteiger partial charge on any atom is -0.466 e. The fourth-order valence-electron chi connectivity index (χ4n) is 2.08. The molecular formula is C14H24O6. The zero-order chi connectivity index (χ0) is 15.1. The highest BCUT2D eigenvalue weighted by atomic mass is 16.5. The van der Waals surface area contributed by atoms with Crippen molar-refractivity contribution in [1.29, 1.82) is 0 Å². The van der Waals surface area contributed by atoms with E-state index >= 15 is 0 Å². The Balaban J connectivity index is 0.000000200. The van der Waals surface area contributed by atoms with Gasteiger partial charge >= 0.3 is 11.9 Å². The molecule has 6 nitrogen and oxygen atoms in total. The molecule has 0 bridgehead atoms. The highest BCUT2D eigenvalue weighted by Gasteiger charge is 2.34. The second-order valence-electron chi connectivity index (χ2n) is 5.15. The van der Waals surface area contributed by atoms with Gasteiger partial charge in [0.15, 0.2) is 0 Å². The van der Waals surface area contributed by atoms with Gasteiger partial charge in [-0.05, 0) is 39.5 Å².